The number of rotatable bonds is 0. The standard InChI is InChI=1S/C12H6BrIS2/c13-8-2-1-3-10-12(8)16-9-5-4-7(14)6-11(9)15-10/h1-6H. The van der Waals surface area contributed by atoms with Crippen LogP contribution in [0.1, 0.15) is 0 Å². The van der Waals surface area contributed by atoms with Gasteiger partial charge in [-0.05, 0) is 68.9 Å². The lowest BCUT2D eigenvalue weighted by Crippen LogP contribution is -1.90. The van der Waals surface area contributed by atoms with Crippen LogP contribution in [0.15, 0.2) is 60.5 Å². The summed E-state index contributed by atoms with van der Waals surface area (Å²) in [4.78, 5) is 5.39. The second kappa shape index (κ2) is 4.55. The molecule has 0 N–H and O–H groups in total. The minimum absolute atomic E-state index is 1.19. The van der Waals surface area contributed by atoms with Crippen molar-refractivity contribution in [3.05, 3.63) is 44.4 Å². The van der Waals surface area contributed by atoms with E-state index in [1.165, 1.54) is 27.6 Å². The Morgan fingerprint density at radius 1 is 0.938 bits per heavy atom. The molecule has 1 aliphatic rings. The van der Waals surface area contributed by atoms with E-state index >= 15 is 0 Å². The van der Waals surface area contributed by atoms with Crippen molar-refractivity contribution in [2.45, 2.75) is 19.6 Å². The first-order chi connectivity index (χ1) is 7.74. The van der Waals surface area contributed by atoms with Gasteiger partial charge in [-0.2, -0.15) is 0 Å². The van der Waals surface area contributed by atoms with Crippen molar-refractivity contribution in [2.24, 2.45) is 0 Å². The van der Waals surface area contributed by atoms with Crippen LogP contribution in [0, 0.1) is 3.57 Å². The van der Waals surface area contributed by atoms with Crippen LogP contribution in [0.3, 0.4) is 0 Å². The molecule has 0 bridgehead atoms. The molecule has 2 aromatic carbocycles. The zero-order valence-electron chi connectivity index (χ0n) is 8.04. The molecule has 0 fully saturated rings. The average molecular weight is 421 g/mol. The third-order valence-electron chi connectivity index (χ3n) is 2.27. The molecule has 1 heterocycles. The topological polar surface area (TPSA) is 0 Å². The highest BCUT2D eigenvalue weighted by Crippen LogP contribution is 2.50. The maximum absolute atomic E-state index is 3.61. The van der Waals surface area contributed by atoms with Crippen LogP contribution in [0.4, 0.5) is 0 Å². The Labute approximate surface area is 125 Å². The summed E-state index contributed by atoms with van der Waals surface area (Å²) in [6.07, 6.45) is 0. The normalized spacial score (nSPS) is 13.1. The summed E-state index contributed by atoms with van der Waals surface area (Å²) in [5.74, 6) is 0. The van der Waals surface area contributed by atoms with Crippen molar-refractivity contribution in [1.29, 1.82) is 0 Å². The van der Waals surface area contributed by atoms with Gasteiger partial charge in [0.1, 0.15) is 0 Å². The van der Waals surface area contributed by atoms with Gasteiger partial charge < -0.3 is 0 Å². The molecule has 0 saturated carbocycles. The lowest BCUT2D eigenvalue weighted by molar-refractivity contribution is 1.14. The summed E-state index contributed by atoms with van der Waals surface area (Å²) in [5, 5.41) is 0. The minimum Gasteiger partial charge on any atom is -0.0876 e. The molecule has 80 valence electrons. The molecule has 0 radical (unpaired) electrons. The molecule has 2 aromatic rings. The van der Waals surface area contributed by atoms with Gasteiger partial charge >= 0.3 is 0 Å². The molecule has 16 heavy (non-hydrogen) atoms. The van der Waals surface area contributed by atoms with E-state index in [1.807, 2.05) is 23.5 Å². The first kappa shape index (κ1) is 11.4. The fourth-order valence-electron chi connectivity index (χ4n) is 1.54. The molecular formula is C12H6BrIS2. The average Bonchev–Trinajstić information content (AvgIpc) is 2.27. The summed E-state index contributed by atoms with van der Waals surface area (Å²) in [6.45, 7) is 0. The van der Waals surface area contributed by atoms with Crippen molar-refractivity contribution in [3.63, 3.8) is 0 Å². The van der Waals surface area contributed by atoms with E-state index in [1.54, 1.807) is 0 Å². The third-order valence-corrected chi connectivity index (χ3v) is 6.46. The van der Waals surface area contributed by atoms with Gasteiger partial charge in [0.25, 0.3) is 0 Å². The molecule has 0 nitrogen and oxygen atoms in total. The number of fused-ring (bicyclic) bond motifs is 2. The van der Waals surface area contributed by atoms with Crippen LogP contribution < -0.4 is 0 Å². The zero-order valence-corrected chi connectivity index (χ0v) is 13.4. The van der Waals surface area contributed by atoms with E-state index in [0.29, 0.717) is 0 Å². The van der Waals surface area contributed by atoms with Gasteiger partial charge in [-0.25, -0.2) is 0 Å². The second-order valence-corrected chi connectivity index (χ2v) is 7.60. The molecule has 0 aliphatic carbocycles. The Bertz CT molecular complexity index is 569. The molecule has 4 heteroatoms. The molecule has 1 aliphatic heterocycles. The Morgan fingerprint density at radius 2 is 1.81 bits per heavy atom. The van der Waals surface area contributed by atoms with Crippen LogP contribution in [0.2, 0.25) is 0 Å². The van der Waals surface area contributed by atoms with E-state index in [-0.39, 0.29) is 0 Å². The van der Waals surface area contributed by atoms with Crippen molar-refractivity contribution in [3.8, 4) is 0 Å². The fourth-order valence-corrected chi connectivity index (χ4v) is 5.28. The van der Waals surface area contributed by atoms with Crippen LogP contribution >= 0.6 is 62.0 Å². The number of benzene rings is 2. The highest BCUT2D eigenvalue weighted by atomic mass is 127. The predicted molar refractivity (Wildman–Crippen MR) is 81.5 cm³/mol. The van der Waals surface area contributed by atoms with Crippen LogP contribution in [0.5, 0.6) is 0 Å². The van der Waals surface area contributed by atoms with Crippen LogP contribution in [0.25, 0.3) is 0 Å². The molecular weight excluding hydrogens is 415 g/mol. The van der Waals surface area contributed by atoms with Gasteiger partial charge in [-0.15, -0.1) is 0 Å². The Kier molecular flexibility index (Phi) is 3.26. The van der Waals surface area contributed by atoms with E-state index < -0.39 is 0 Å². The number of halogens is 2. The maximum Gasteiger partial charge on any atom is 0.0404 e. The zero-order chi connectivity index (χ0) is 11.1. The van der Waals surface area contributed by atoms with Gasteiger partial charge in [0.05, 0.1) is 0 Å². The first-order valence-electron chi connectivity index (χ1n) is 4.68. The minimum atomic E-state index is 1.19. The Hall–Kier alpha value is 0.350. The lowest BCUT2D eigenvalue weighted by Gasteiger charge is -2.19. The monoisotopic (exact) mass is 420 g/mol. The Morgan fingerprint density at radius 3 is 2.69 bits per heavy atom. The predicted octanol–water partition coefficient (Wildman–Crippen LogP) is 5.67. The smallest absolute Gasteiger partial charge is 0.0404 e. The molecule has 0 unspecified atom stereocenters. The maximum atomic E-state index is 3.61. The summed E-state index contributed by atoms with van der Waals surface area (Å²) >= 11 is 9.67. The number of hydrogen-bond acceptors (Lipinski definition) is 2. The van der Waals surface area contributed by atoms with Crippen molar-refractivity contribution < 1.29 is 0 Å². The summed E-state index contributed by atoms with van der Waals surface area (Å²) in [5.41, 5.74) is 0. The van der Waals surface area contributed by atoms with Crippen molar-refractivity contribution >= 4 is 62.0 Å². The molecule has 0 atom stereocenters. The molecule has 0 spiro atoms. The first-order valence-corrected chi connectivity index (χ1v) is 8.18. The molecule has 3 rings (SSSR count). The highest BCUT2D eigenvalue weighted by Gasteiger charge is 2.18. The van der Waals surface area contributed by atoms with Crippen molar-refractivity contribution in [1.82, 2.24) is 0 Å². The van der Waals surface area contributed by atoms with Gasteiger partial charge in [0.2, 0.25) is 0 Å². The van der Waals surface area contributed by atoms with E-state index in [2.05, 4.69) is 74.9 Å². The highest BCUT2D eigenvalue weighted by molar-refractivity contribution is 14.1. The van der Waals surface area contributed by atoms with E-state index in [4.69, 9.17) is 0 Å². The van der Waals surface area contributed by atoms with Crippen molar-refractivity contribution in [2.75, 3.05) is 0 Å². The second-order valence-electron chi connectivity index (χ2n) is 3.36. The summed E-state index contributed by atoms with van der Waals surface area (Å²) in [6, 6.07) is 13.0. The Balaban J connectivity index is 2.13. The molecule has 0 amide bonds. The lowest BCUT2D eigenvalue weighted by atomic mass is 10.3. The van der Waals surface area contributed by atoms with E-state index in [9.17, 15) is 0 Å². The van der Waals surface area contributed by atoms with Gasteiger partial charge in [0.15, 0.2) is 0 Å². The van der Waals surface area contributed by atoms with Gasteiger partial charge in [-0.3, -0.25) is 0 Å². The molecule has 0 aromatic heterocycles. The van der Waals surface area contributed by atoms with Gasteiger partial charge in [-0.1, -0.05) is 29.6 Å². The summed E-state index contributed by atoms with van der Waals surface area (Å²) in [7, 11) is 0. The van der Waals surface area contributed by atoms with Gasteiger partial charge in [0, 0.05) is 27.6 Å². The molecule has 0 saturated heterocycles. The quantitative estimate of drug-likeness (QED) is 0.429. The summed E-state index contributed by atoms with van der Waals surface area (Å²) < 4.78 is 2.48. The van der Waals surface area contributed by atoms with E-state index in [0.717, 1.165) is 0 Å². The van der Waals surface area contributed by atoms with Crippen LogP contribution in [-0.2, 0) is 0 Å². The fraction of sp³-hybridized carbons (Fsp3) is 0. The largest absolute Gasteiger partial charge is 0.0876 e. The SMILES string of the molecule is Brc1cccc2c1Sc1ccc(I)cc1S2. The van der Waals surface area contributed by atoms with Crippen LogP contribution in [-0.4, -0.2) is 0 Å². The number of hydrogen-bond donors (Lipinski definition) is 0. The third kappa shape index (κ3) is 2.05.